The molecule has 153 valence electrons. The predicted octanol–water partition coefficient (Wildman–Crippen LogP) is 1.67. The van der Waals surface area contributed by atoms with Gasteiger partial charge in [0.05, 0.1) is 23.0 Å². The van der Waals surface area contributed by atoms with Crippen LogP contribution >= 0.6 is 0 Å². The van der Waals surface area contributed by atoms with Gasteiger partial charge in [0.2, 0.25) is 5.91 Å². The molecule has 1 heterocycles. The molecule has 30 heavy (non-hydrogen) atoms. The van der Waals surface area contributed by atoms with Gasteiger partial charge in [-0.1, -0.05) is 13.3 Å². The molecule has 8 nitrogen and oxygen atoms in total. The number of hydrogen-bond acceptors (Lipinski definition) is 6. The van der Waals surface area contributed by atoms with E-state index in [1.807, 2.05) is 19.1 Å². The van der Waals surface area contributed by atoms with Crippen LogP contribution in [0.1, 0.15) is 41.2 Å². The molecule has 2 aromatic rings. The standard InChI is InChI=1S/C21H20N3O5.Y/c1-12-4-5-15-10-14(3)23(19(25)11-20(26)27)22-21(17(15)8-12)16-6-7-18(24(28)29)13(2)9-16;/h5-9,14H,10-11H2,1-3H3,(H,26,27);/q-1;/p-1. The summed E-state index contributed by atoms with van der Waals surface area (Å²) in [5, 5.41) is 27.7. The average Bonchev–Trinajstić information content (AvgIpc) is 2.76. The maximum absolute atomic E-state index is 12.5. The molecule has 0 aromatic heterocycles. The Labute approximate surface area is 199 Å². The number of hydrazone groups is 1. The number of nitro groups is 1. The predicted molar refractivity (Wildman–Crippen MR) is 103 cm³/mol. The molecule has 1 aliphatic rings. The molecule has 1 radical (unpaired) electrons. The van der Waals surface area contributed by atoms with Gasteiger partial charge in [-0.25, -0.2) is 5.01 Å². The summed E-state index contributed by atoms with van der Waals surface area (Å²) in [5.41, 5.74) is 4.05. The van der Waals surface area contributed by atoms with Crippen LogP contribution in [0.5, 0.6) is 0 Å². The third kappa shape index (κ3) is 4.99. The molecule has 0 bridgehead atoms. The van der Waals surface area contributed by atoms with E-state index in [4.69, 9.17) is 0 Å². The van der Waals surface area contributed by atoms with Crippen LogP contribution in [0.3, 0.4) is 0 Å². The fourth-order valence-corrected chi connectivity index (χ4v) is 3.41. The first-order chi connectivity index (χ1) is 13.7. The van der Waals surface area contributed by atoms with Crippen molar-refractivity contribution in [2.45, 2.75) is 39.7 Å². The molecule has 0 spiro atoms. The Morgan fingerprint density at radius 3 is 2.60 bits per heavy atom. The minimum atomic E-state index is -1.48. The van der Waals surface area contributed by atoms with Gasteiger partial charge < -0.3 is 9.90 Å². The molecule has 0 saturated carbocycles. The van der Waals surface area contributed by atoms with Gasteiger partial charge in [0.25, 0.3) is 5.69 Å². The van der Waals surface area contributed by atoms with E-state index in [0.29, 0.717) is 23.3 Å². The number of nitro benzene ring substituents is 1. The quantitative estimate of drug-likeness (QED) is 0.285. The number of rotatable bonds is 4. The zero-order chi connectivity index (χ0) is 21.3. The van der Waals surface area contributed by atoms with Crippen LogP contribution in [0.4, 0.5) is 5.69 Å². The van der Waals surface area contributed by atoms with Gasteiger partial charge in [-0.2, -0.15) is 28.9 Å². The van der Waals surface area contributed by atoms with E-state index in [2.05, 4.69) is 11.2 Å². The first kappa shape index (κ1) is 23.8. The molecule has 0 fully saturated rings. The number of aryl methyl sites for hydroxylation is 2. The second-order valence-corrected chi connectivity index (χ2v) is 7.10. The molecule has 0 N–H and O–H groups in total. The number of hydrogen-bond donors (Lipinski definition) is 0. The van der Waals surface area contributed by atoms with Gasteiger partial charge in [0.1, 0.15) is 0 Å². The van der Waals surface area contributed by atoms with Crippen LogP contribution in [0.2, 0.25) is 0 Å². The molecule has 1 amide bonds. The third-order valence-corrected chi connectivity index (χ3v) is 4.79. The average molecular weight is 482 g/mol. The summed E-state index contributed by atoms with van der Waals surface area (Å²) in [6.07, 6.45) is -0.314. The fraction of sp³-hybridized carbons (Fsp3) is 0.286. The van der Waals surface area contributed by atoms with Crippen molar-refractivity contribution in [3.05, 3.63) is 74.3 Å². The number of aliphatic carboxylic acids is 1. The maximum atomic E-state index is 12.5. The number of benzene rings is 2. The SMILES string of the molecule is Cc1[c-]cc2c(c1)C(c1ccc([N+](=O)[O-])c(C)c1)=NN(C(=O)CC(=O)[O-])C(C)C2.[Y]. The number of carbonyl (C=O) groups is 2. The number of carboxylic acid groups (broad SMARTS) is 1. The van der Waals surface area contributed by atoms with E-state index in [0.717, 1.165) is 21.7 Å². The molecule has 9 heteroatoms. The van der Waals surface area contributed by atoms with Gasteiger partial charge in [0.15, 0.2) is 0 Å². The number of nitrogens with zero attached hydrogens (tertiary/aromatic N) is 3. The van der Waals surface area contributed by atoms with E-state index < -0.39 is 23.2 Å². The molecule has 3 rings (SSSR count). The number of fused-ring (bicyclic) bond motifs is 1. The Kier molecular flexibility index (Phi) is 7.61. The van der Waals surface area contributed by atoms with Gasteiger partial charge in [-0.05, 0) is 26.0 Å². The zero-order valence-corrected chi connectivity index (χ0v) is 19.7. The van der Waals surface area contributed by atoms with E-state index in [1.165, 1.54) is 6.07 Å². The minimum Gasteiger partial charge on any atom is -0.550 e. The summed E-state index contributed by atoms with van der Waals surface area (Å²) >= 11 is 0. The maximum Gasteiger partial charge on any atom is 0.272 e. The third-order valence-electron chi connectivity index (χ3n) is 4.79. The molecule has 2 aromatic carbocycles. The molecule has 0 aliphatic carbocycles. The minimum absolute atomic E-state index is 0. The molecular weight excluding hydrogens is 463 g/mol. The summed E-state index contributed by atoms with van der Waals surface area (Å²) in [6.45, 7) is 5.29. The van der Waals surface area contributed by atoms with Crippen LogP contribution in [0.25, 0.3) is 0 Å². The Morgan fingerprint density at radius 2 is 2.00 bits per heavy atom. The smallest absolute Gasteiger partial charge is 0.272 e. The Morgan fingerprint density at radius 1 is 1.30 bits per heavy atom. The van der Waals surface area contributed by atoms with E-state index in [-0.39, 0.29) is 44.4 Å². The topological polar surface area (TPSA) is 116 Å². The summed E-state index contributed by atoms with van der Waals surface area (Å²) < 4.78 is 0. The van der Waals surface area contributed by atoms with Crippen molar-refractivity contribution < 1.29 is 52.3 Å². The number of carbonyl (C=O) groups excluding carboxylic acids is 2. The van der Waals surface area contributed by atoms with Crippen molar-refractivity contribution in [3.8, 4) is 0 Å². The summed E-state index contributed by atoms with van der Waals surface area (Å²) in [7, 11) is 0. The van der Waals surface area contributed by atoms with Gasteiger partial charge in [-0.15, -0.1) is 11.1 Å². The van der Waals surface area contributed by atoms with Crippen LogP contribution in [-0.2, 0) is 48.7 Å². The van der Waals surface area contributed by atoms with Gasteiger partial charge >= 0.3 is 0 Å². The van der Waals surface area contributed by atoms with Gasteiger partial charge in [0, 0.05) is 55.9 Å². The van der Waals surface area contributed by atoms with Crippen LogP contribution in [0, 0.1) is 30.0 Å². The van der Waals surface area contributed by atoms with Gasteiger partial charge in [-0.3, -0.25) is 14.9 Å². The Balaban J connectivity index is 0.00000320. The van der Waals surface area contributed by atoms with E-state index in [1.54, 1.807) is 26.0 Å². The van der Waals surface area contributed by atoms with Crippen molar-refractivity contribution in [1.82, 2.24) is 5.01 Å². The summed E-state index contributed by atoms with van der Waals surface area (Å²) in [5.74, 6) is -2.15. The van der Waals surface area contributed by atoms with Crippen LogP contribution < -0.4 is 5.11 Å². The van der Waals surface area contributed by atoms with E-state index in [9.17, 15) is 24.8 Å². The van der Waals surface area contributed by atoms with Crippen molar-refractivity contribution in [3.63, 3.8) is 0 Å². The summed E-state index contributed by atoms with van der Waals surface area (Å²) in [4.78, 5) is 34.1. The normalized spacial score (nSPS) is 15.4. The number of amides is 1. The van der Waals surface area contributed by atoms with Crippen molar-refractivity contribution >= 4 is 23.3 Å². The Bertz CT molecular complexity index is 1050. The fourth-order valence-electron chi connectivity index (χ4n) is 3.41. The largest absolute Gasteiger partial charge is 0.550 e. The van der Waals surface area contributed by atoms with Crippen molar-refractivity contribution in [2.75, 3.05) is 0 Å². The molecule has 1 atom stereocenters. The monoisotopic (exact) mass is 482 g/mol. The number of carboxylic acids is 1. The molecule has 1 aliphatic heterocycles. The van der Waals surface area contributed by atoms with Crippen molar-refractivity contribution in [1.29, 1.82) is 0 Å². The first-order valence-electron chi connectivity index (χ1n) is 9.05. The Hall–Kier alpha value is -2.45. The van der Waals surface area contributed by atoms with Crippen molar-refractivity contribution in [2.24, 2.45) is 5.10 Å². The zero-order valence-electron chi connectivity index (χ0n) is 16.8. The molecular formula is C21H19N3O5Y-2. The van der Waals surface area contributed by atoms with Crippen LogP contribution in [0.15, 0.2) is 35.4 Å². The van der Waals surface area contributed by atoms with E-state index >= 15 is 0 Å². The first-order valence-corrected chi connectivity index (χ1v) is 9.05. The second-order valence-electron chi connectivity index (χ2n) is 7.10. The molecule has 0 saturated heterocycles. The van der Waals surface area contributed by atoms with Crippen LogP contribution in [-0.4, -0.2) is 33.6 Å². The second kappa shape index (κ2) is 9.58. The summed E-state index contributed by atoms with van der Waals surface area (Å²) in [6, 6.07) is 11.1. The molecule has 1 unspecified atom stereocenters.